The second kappa shape index (κ2) is 8.33. The van der Waals surface area contributed by atoms with Gasteiger partial charge in [-0.15, -0.1) is 0 Å². The Balaban J connectivity index is 1.55. The van der Waals surface area contributed by atoms with E-state index in [0.717, 1.165) is 29.7 Å². The molecule has 7 heteroatoms. The average molecular weight is 389 g/mol. The summed E-state index contributed by atoms with van der Waals surface area (Å²) in [5.74, 6) is 1.41. The fraction of sp³-hybridized carbons (Fsp3) is 0.318. The predicted octanol–water partition coefficient (Wildman–Crippen LogP) is 3.22. The first-order chi connectivity index (χ1) is 14.2. The molecule has 3 heterocycles. The SMILES string of the molecule is COc1cccnc1NC[C@@H]1CN(c2ccc(C#N)c3ncccc23)C[C@@H](C)O1. The monoisotopic (exact) mass is 389 g/mol. The van der Waals surface area contributed by atoms with Gasteiger partial charge in [0.2, 0.25) is 0 Å². The highest BCUT2D eigenvalue weighted by molar-refractivity contribution is 5.95. The molecular formula is C22H23N5O2. The first-order valence-electron chi connectivity index (χ1n) is 9.60. The van der Waals surface area contributed by atoms with Gasteiger partial charge in [-0.2, -0.15) is 5.26 Å². The number of aromatic nitrogens is 2. The maximum atomic E-state index is 9.39. The van der Waals surface area contributed by atoms with Gasteiger partial charge in [0, 0.05) is 43.1 Å². The van der Waals surface area contributed by atoms with Crippen LogP contribution in [0.3, 0.4) is 0 Å². The molecular weight excluding hydrogens is 366 g/mol. The van der Waals surface area contributed by atoms with Crippen molar-refractivity contribution >= 4 is 22.4 Å². The van der Waals surface area contributed by atoms with E-state index in [-0.39, 0.29) is 12.2 Å². The minimum absolute atomic E-state index is 0.0205. The summed E-state index contributed by atoms with van der Waals surface area (Å²) in [6.45, 7) is 4.19. The molecule has 1 aliphatic rings. The molecule has 148 valence electrons. The summed E-state index contributed by atoms with van der Waals surface area (Å²) in [6.07, 6.45) is 3.51. The van der Waals surface area contributed by atoms with Crippen LogP contribution in [0.1, 0.15) is 12.5 Å². The Kier molecular flexibility index (Phi) is 5.45. The second-order valence-electron chi connectivity index (χ2n) is 7.05. The number of hydrogen-bond acceptors (Lipinski definition) is 7. The van der Waals surface area contributed by atoms with E-state index >= 15 is 0 Å². The number of anilines is 2. The zero-order valence-corrected chi connectivity index (χ0v) is 16.5. The number of methoxy groups -OCH3 is 1. The summed E-state index contributed by atoms with van der Waals surface area (Å²) >= 11 is 0. The summed E-state index contributed by atoms with van der Waals surface area (Å²) in [4.78, 5) is 11.1. The van der Waals surface area contributed by atoms with Crippen LogP contribution in [0.15, 0.2) is 48.8 Å². The number of rotatable bonds is 5. The molecule has 0 unspecified atom stereocenters. The Morgan fingerprint density at radius 2 is 2.03 bits per heavy atom. The van der Waals surface area contributed by atoms with Crippen molar-refractivity contribution in [2.45, 2.75) is 19.1 Å². The average Bonchev–Trinajstić information content (AvgIpc) is 2.76. The highest BCUT2D eigenvalue weighted by Crippen LogP contribution is 2.30. The first kappa shape index (κ1) is 19.0. The van der Waals surface area contributed by atoms with Gasteiger partial charge >= 0.3 is 0 Å². The maximum Gasteiger partial charge on any atom is 0.168 e. The van der Waals surface area contributed by atoms with E-state index in [1.807, 2.05) is 36.4 Å². The van der Waals surface area contributed by atoms with Crippen LogP contribution in [0.2, 0.25) is 0 Å². The van der Waals surface area contributed by atoms with E-state index in [9.17, 15) is 5.26 Å². The fourth-order valence-electron chi connectivity index (χ4n) is 3.78. The van der Waals surface area contributed by atoms with Gasteiger partial charge in [-0.25, -0.2) is 4.98 Å². The Morgan fingerprint density at radius 1 is 1.21 bits per heavy atom. The quantitative estimate of drug-likeness (QED) is 0.717. The van der Waals surface area contributed by atoms with Gasteiger partial charge in [-0.05, 0) is 43.3 Å². The summed E-state index contributed by atoms with van der Waals surface area (Å²) < 4.78 is 11.5. The van der Waals surface area contributed by atoms with Crippen molar-refractivity contribution < 1.29 is 9.47 Å². The molecule has 3 aromatic rings. The molecule has 29 heavy (non-hydrogen) atoms. The molecule has 1 aliphatic heterocycles. The molecule has 7 nitrogen and oxygen atoms in total. The zero-order valence-electron chi connectivity index (χ0n) is 16.5. The lowest BCUT2D eigenvalue weighted by molar-refractivity contribution is -0.00825. The van der Waals surface area contributed by atoms with E-state index in [0.29, 0.717) is 23.7 Å². The molecule has 0 bridgehead atoms. The van der Waals surface area contributed by atoms with Crippen LogP contribution < -0.4 is 15.0 Å². The maximum absolute atomic E-state index is 9.39. The van der Waals surface area contributed by atoms with Crippen LogP contribution in [0.4, 0.5) is 11.5 Å². The minimum Gasteiger partial charge on any atom is -0.493 e. The number of nitrogens with one attached hydrogen (secondary N) is 1. The van der Waals surface area contributed by atoms with E-state index in [1.54, 1.807) is 19.5 Å². The third-order valence-corrected chi connectivity index (χ3v) is 5.02. The highest BCUT2D eigenvalue weighted by Gasteiger charge is 2.27. The lowest BCUT2D eigenvalue weighted by Crippen LogP contribution is -2.49. The molecule has 1 saturated heterocycles. The smallest absolute Gasteiger partial charge is 0.168 e. The van der Waals surface area contributed by atoms with Gasteiger partial charge in [0.1, 0.15) is 6.07 Å². The van der Waals surface area contributed by atoms with Crippen molar-refractivity contribution in [3.8, 4) is 11.8 Å². The number of hydrogen-bond donors (Lipinski definition) is 1. The van der Waals surface area contributed by atoms with E-state index in [1.165, 1.54) is 0 Å². The Labute approximate surface area is 169 Å². The number of nitrogens with zero attached hydrogens (tertiary/aromatic N) is 4. The zero-order chi connectivity index (χ0) is 20.2. The molecule has 0 amide bonds. The summed E-state index contributed by atoms with van der Waals surface area (Å²) in [6, 6.07) is 13.7. The Hall–Kier alpha value is -3.37. The van der Waals surface area contributed by atoms with Crippen LogP contribution in [0.25, 0.3) is 10.9 Å². The number of ether oxygens (including phenoxy) is 2. The topological polar surface area (TPSA) is 83.3 Å². The van der Waals surface area contributed by atoms with Crippen LogP contribution in [0, 0.1) is 11.3 Å². The number of nitriles is 1. The minimum atomic E-state index is -0.0205. The van der Waals surface area contributed by atoms with Crippen molar-refractivity contribution in [2.24, 2.45) is 0 Å². The van der Waals surface area contributed by atoms with Crippen molar-refractivity contribution in [3.05, 3.63) is 54.4 Å². The van der Waals surface area contributed by atoms with Crippen LogP contribution in [0.5, 0.6) is 5.75 Å². The fourth-order valence-corrected chi connectivity index (χ4v) is 3.78. The molecule has 1 aromatic carbocycles. The van der Waals surface area contributed by atoms with Crippen LogP contribution in [-0.2, 0) is 4.74 Å². The van der Waals surface area contributed by atoms with Crippen molar-refractivity contribution in [1.82, 2.24) is 9.97 Å². The Morgan fingerprint density at radius 3 is 2.86 bits per heavy atom. The van der Waals surface area contributed by atoms with Crippen LogP contribution in [-0.4, -0.2) is 48.9 Å². The molecule has 0 saturated carbocycles. The van der Waals surface area contributed by atoms with Gasteiger partial charge < -0.3 is 19.7 Å². The van der Waals surface area contributed by atoms with Crippen molar-refractivity contribution in [3.63, 3.8) is 0 Å². The summed E-state index contributed by atoms with van der Waals surface area (Å²) in [5.41, 5.74) is 2.40. The molecule has 0 radical (unpaired) electrons. The molecule has 1 fully saturated rings. The largest absolute Gasteiger partial charge is 0.493 e. The van der Waals surface area contributed by atoms with Gasteiger partial charge in [0.05, 0.1) is 30.4 Å². The highest BCUT2D eigenvalue weighted by atomic mass is 16.5. The summed E-state index contributed by atoms with van der Waals surface area (Å²) in [7, 11) is 1.63. The van der Waals surface area contributed by atoms with Gasteiger partial charge in [-0.1, -0.05) is 0 Å². The van der Waals surface area contributed by atoms with Crippen LogP contribution >= 0.6 is 0 Å². The molecule has 2 aromatic heterocycles. The normalized spacial score (nSPS) is 19.0. The van der Waals surface area contributed by atoms with Gasteiger partial charge in [-0.3, -0.25) is 4.98 Å². The summed E-state index contributed by atoms with van der Waals surface area (Å²) in [5, 5.41) is 13.7. The standard InChI is InChI=1S/C22H23N5O2/c1-15-13-27(19-8-7-16(11-23)21-18(19)5-3-9-24-21)14-17(29-15)12-26-22-20(28-2)6-4-10-25-22/h3-10,15,17H,12-14H2,1-2H3,(H,25,26)/t15-,17-/m1/s1. The Bertz CT molecular complexity index is 1050. The molecule has 2 atom stereocenters. The predicted molar refractivity (Wildman–Crippen MR) is 112 cm³/mol. The third kappa shape index (κ3) is 3.93. The molecule has 0 spiro atoms. The van der Waals surface area contributed by atoms with Crippen molar-refractivity contribution in [1.29, 1.82) is 5.26 Å². The van der Waals surface area contributed by atoms with E-state index < -0.39 is 0 Å². The lowest BCUT2D eigenvalue weighted by Gasteiger charge is -2.38. The molecule has 4 rings (SSSR count). The second-order valence-corrected chi connectivity index (χ2v) is 7.05. The number of pyridine rings is 2. The lowest BCUT2D eigenvalue weighted by atomic mass is 10.1. The molecule has 1 N–H and O–H groups in total. The number of morpholine rings is 1. The third-order valence-electron chi connectivity index (χ3n) is 5.02. The first-order valence-corrected chi connectivity index (χ1v) is 9.60. The molecule has 0 aliphatic carbocycles. The number of fused-ring (bicyclic) bond motifs is 1. The van der Waals surface area contributed by atoms with Gasteiger partial charge in [0.15, 0.2) is 11.6 Å². The number of benzene rings is 1. The van der Waals surface area contributed by atoms with Gasteiger partial charge in [0.25, 0.3) is 0 Å². The van der Waals surface area contributed by atoms with E-state index in [2.05, 4.69) is 33.2 Å². The van der Waals surface area contributed by atoms with E-state index in [4.69, 9.17) is 9.47 Å². The van der Waals surface area contributed by atoms with Crippen molar-refractivity contribution in [2.75, 3.05) is 37.0 Å².